The molecule has 0 fully saturated rings. The smallest absolute Gasteiger partial charge is 0.350 e. The molecule has 0 aromatic heterocycles. The van der Waals surface area contributed by atoms with Crippen LogP contribution in [0.3, 0.4) is 0 Å². The zero-order valence-electron chi connectivity index (χ0n) is 12.5. The van der Waals surface area contributed by atoms with Crippen molar-refractivity contribution >= 4 is 32.5 Å². The van der Waals surface area contributed by atoms with Crippen LogP contribution in [0.5, 0.6) is 0 Å². The summed E-state index contributed by atoms with van der Waals surface area (Å²) >= 11 is 0. The number of carbonyl (C=O) groups excluding carboxylic acids is 2. The van der Waals surface area contributed by atoms with E-state index in [4.69, 9.17) is 0 Å². The average Bonchev–Trinajstić information content (AvgIpc) is 3.01. The number of likely N-dealkylation sites (N-methyl/N-ethyl adjacent to an activating group) is 1. The van der Waals surface area contributed by atoms with E-state index in [-0.39, 0.29) is 10.8 Å². The third-order valence-corrected chi connectivity index (χ3v) is 6.38. The summed E-state index contributed by atoms with van der Waals surface area (Å²) in [6.45, 7) is 0.466. The number of carbonyl (C=O) groups is 2. The largest absolute Gasteiger partial charge is 0.465 e. The monoisotopic (exact) mass is 350 g/mol. The minimum absolute atomic E-state index is 0.0276. The van der Waals surface area contributed by atoms with Crippen molar-refractivity contribution in [3.05, 3.63) is 57.1 Å². The lowest BCUT2D eigenvalue weighted by molar-refractivity contribution is -0.135. The Morgan fingerprint density at radius 3 is 2.70 bits per heavy atom. The zero-order chi connectivity index (χ0) is 16.6. The standard InChI is InChI=1S/C15H14N2O4S2/c1-17-11-12(22-23(20)13(11)15(19)21-2)10(14(17)18)16-8-9-6-4-3-5-7-9/h3-7,16H,8H2,1-2H3. The second kappa shape index (κ2) is 6.21. The average molecular weight is 350 g/mol. The van der Waals surface area contributed by atoms with Gasteiger partial charge in [-0.15, -0.1) is 0 Å². The molecular weight excluding hydrogens is 336 g/mol. The summed E-state index contributed by atoms with van der Waals surface area (Å²) in [4.78, 5) is 26.2. The van der Waals surface area contributed by atoms with Crippen LogP contribution < -0.4 is 5.32 Å². The molecule has 0 aliphatic carbocycles. The minimum atomic E-state index is -1.57. The van der Waals surface area contributed by atoms with Gasteiger partial charge in [0, 0.05) is 13.6 Å². The molecule has 0 saturated heterocycles. The quantitative estimate of drug-likeness (QED) is 0.651. The van der Waals surface area contributed by atoms with Gasteiger partial charge in [0.25, 0.3) is 5.91 Å². The van der Waals surface area contributed by atoms with Crippen molar-refractivity contribution in [1.29, 1.82) is 0 Å². The van der Waals surface area contributed by atoms with Gasteiger partial charge in [0.1, 0.15) is 15.5 Å². The molecule has 0 bridgehead atoms. The molecule has 2 aliphatic rings. The molecule has 1 unspecified atom stereocenters. The first-order valence-electron chi connectivity index (χ1n) is 6.77. The van der Waals surface area contributed by atoms with Crippen molar-refractivity contribution in [3.63, 3.8) is 0 Å². The van der Waals surface area contributed by atoms with E-state index < -0.39 is 15.8 Å². The van der Waals surface area contributed by atoms with Crippen LogP contribution in [0.2, 0.25) is 0 Å². The first-order chi connectivity index (χ1) is 11.0. The summed E-state index contributed by atoms with van der Waals surface area (Å²) in [6, 6.07) is 9.63. The van der Waals surface area contributed by atoms with E-state index in [0.29, 0.717) is 22.8 Å². The Morgan fingerprint density at radius 2 is 2.04 bits per heavy atom. The van der Waals surface area contributed by atoms with Gasteiger partial charge >= 0.3 is 5.97 Å². The molecule has 23 heavy (non-hydrogen) atoms. The Morgan fingerprint density at radius 1 is 1.35 bits per heavy atom. The maximum absolute atomic E-state index is 12.4. The predicted octanol–water partition coefficient (Wildman–Crippen LogP) is 1.25. The highest BCUT2D eigenvalue weighted by molar-refractivity contribution is 8.73. The van der Waals surface area contributed by atoms with Gasteiger partial charge in [-0.25, -0.2) is 9.00 Å². The van der Waals surface area contributed by atoms with Gasteiger partial charge in [-0.3, -0.25) is 4.79 Å². The molecule has 120 valence electrons. The maximum atomic E-state index is 12.4. The number of amides is 1. The predicted molar refractivity (Wildman–Crippen MR) is 87.9 cm³/mol. The van der Waals surface area contributed by atoms with Crippen molar-refractivity contribution < 1.29 is 18.5 Å². The van der Waals surface area contributed by atoms with E-state index in [9.17, 15) is 13.8 Å². The number of ether oxygens (including phenoxy) is 1. The van der Waals surface area contributed by atoms with Crippen molar-refractivity contribution in [2.45, 2.75) is 6.54 Å². The summed E-state index contributed by atoms with van der Waals surface area (Å²) in [7, 11) is 2.20. The Hall–Kier alpha value is -2.06. The molecule has 6 nitrogen and oxygen atoms in total. The fourth-order valence-electron chi connectivity index (χ4n) is 2.37. The molecule has 1 N–H and O–H groups in total. The molecule has 0 spiro atoms. The van der Waals surface area contributed by atoms with E-state index in [0.717, 1.165) is 16.4 Å². The maximum Gasteiger partial charge on any atom is 0.350 e. The van der Waals surface area contributed by atoms with Crippen molar-refractivity contribution in [3.8, 4) is 0 Å². The highest BCUT2D eigenvalue weighted by Crippen LogP contribution is 2.47. The molecule has 2 heterocycles. The lowest BCUT2D eigenvalue weighted by Crippen LogP contribution is -2.28. The van der Waals surface area contributed by atoms with Crippen LogP contribution in [-0.4, -0.2) is 35.1 Å². The number of rotatable bonds is 4. The highest BCUT2D eigenvalue weighted by Gasteiger charge is 2.45. The van der Waals surface area contributed by atoms with Crippen LogP contribution in [0, 0.1) is 0 Å². The second-order valence-corrected chi connectivity index (χ2v) is 7.76. The van der Waals surface area contributed by atoms with Crippen LogP contribution in [0.25, 0.3) is 0 Å². The summed E-state index contributed by atoms with van der Waals surface area (Å²) in [6.07, 6.45) is 0. The third kappa shape index (κ3) is 2.68. The van der Waals surface area contributed by atoms with E-state index in [2.05, 4.69) is 10.1 Å². The second-order valence-electron chi connectivity index (χ2n) is 4.89. The fourth-order valence-corrected chi connectivity index (χ4v) is 5.48. The number of hydrogen-bond acceptors (Lipinski definition) is 6. The molecule has 1 amide bonds. The molecule has 1 aromatic carbocycles. The fraction of sp³-hybridized carbons (Fsp3) is 0.200. The Labute approximate surface area is 139 Å². The van der Waals surface area contributed by atoms with Crippen LogP contribution in [0.4, 0.5) is 0 Å². The van der Waals surface area contributed by atoms with Gasteiger partial charge in [-0.05, 0) is 16.4 Å². The molecule has 3 rings (SSSR count). The van der Waals surface area contributed by atoms with Crippen molar-refractivity contribution in [1.82, 2.24) is 10.2 Å². The number of nitrogens with one attached hydrogen (secondary N) is 1. The number of hydrogen-bond donors (Lipinski definition) is 1. The van der Waals surface area contributed by atoms with E-state index in [1.807, 2.05) is 30.3 Å². The van der Waals surface area contributed by atoms with E-state index in [1.165, 1.54) is 12.0 Å². The van der Waals surface area contributed by atoms with Gasteiger partial charge in [0.15, 0.2) is 4.91 Å². The first-order valence-corrected chi connectivity index (χ1v) is 9.26. The zero-order valence-corrected chi connectivity index (χ0v) is 14.1. The number of fused-ring (bicyclic) bond motifs is 1. The van der Waals surface area contributed by atoms with Crippen LogP contribution in [0.1, 0.15) is 5.56 Å². The summed E-state index contributed by atoms with van der Waals surface area (Å²) in [5, 5.41) is 3.09. The molecule has 2 aliphatic heterocycles. The SMILES string of the molecule is COC(=O)C1=C2C(=C(NCc3ccccc3)C(=O)N2C)SS1=O. The molecule has 1 atom stereocenters. The minimum Gasteiger partial charge on any atom is -0.465 e. The Kier molecular flexibility index (Phi) is 4.27. The summed E-state index contributed by atoms with van der Waals surface area (Å²) in [5.74, 6) is -0.929. The van der Waals surface area contributed by atoms with E-state index >= 15 is 0 Å². The highest BCUT2D eigenvalue weighted by atomic mass is 33.1. The lowest BCUT2D eigenvalue weighted by atomic mass is 10.2. The van der Waals surface area contributed by atoms with Crippen LogP contribution >= 0.6 is 10.8 Å². The Bertz CT molecular complexity index is 771. The van der Waals surface area contributed by atoms with Gasteiger partial charge in [0.2, 0.25) is 0 Å². The number of methoxy groups -OCH3 is 1. The summed E-state index contributed by atoms with van der Waals surface area (Å²) in [5.41, 5.74) is 1.76. The molecule has 8 heteroatoms. The third-order valence-electron chi connectivity index (χ3n) is 3.52. The number of esters is 1. The van der Waals surface area contributed by atoms with Gasteiger partial charge in [-0.1, -0.05) is 30.3 Å². The number of nitrogens with zero attached hydrogens (tertiary/aromatic N) is 1. The topological polar surface area (TPSA) is 75.7 Å². The van der Waals surface area contributed by atoms with Crippen molar-refractivity contribution in [2.75, 3.05) is 14.2 Å². The van der Waals surface area contributed by atoms with Crippen molar-refractivity contribution in [2.24, 2.45) is 0 Å². The van der Waals surface area contributed by atoms with Crippen LogP contribution in [-0.2, 0) is 30.7 Å². The van der Waals surface area contributed by atoms with E-state index in [1.54, 1.807) is 7.05 Å². The summed E-state index contributed by atoms with van der Waals surface area (Å²) < 4.78 is 16.9. The normalized spacial score (nSPS) is 20.2. The molecule has 0 radical (unpaired) electrons. The van der Waals surface area contributed by atoms with Gasteiger partial charge in [-0.2, -0.15) is 0 Å². The molecule has 1 aromatic rings. The molecule has 0 saturated carbocycles. The number of benzene rings is 1. The first kappa shape index (κ1) is 15.8. The molecular formula is C15H14N2O4S2. The van der Waals surface area contributed by atoms with Crippen LogP contribution in [0.15, 0.2) is 51.5 Å². The van der Waals surface area contributed by atoms with Gasteiger partial charge < -0.3 is 15.0 Å². The lowest BCUT2D eigenvalue weighted by Gasteiger charge is -2.12. The van der Waals surface area contributed by atoms with Gasteiger partial charge in [0.05, 0.1) is 17.7 Å². The Balaban J connectivity index is 1.94.